The summed E-state index contributed by atoms with van der Waals surface area (Å²) in [7, 11) is 0. The summed E-state index contributed by atoms with van der Waals surface area (Å²) in [6, 6.07) is 1.35. The highest BCUT2D eigenvalue weighted by Crippen LogP contribution is 2.44. The number of piperazine rings is 1. The topological polar surface area (TPSA) is 15.3 Å². The van der Waals surface area contributed by atoms with Crippen molar-refractivity contribution in [1.29, 1.82) is 0 Å². The van der Waals surface area contributed by atoms with Crippen molar-refractivity contribution in [3.05, 3.63) is 0 Å². The van der Waals surface area contributed by atoms with Crippen molar-refractivity contribution in [2.24, 2.45) is 11.3 Å². The minimum atomic E-state index is 0.360. The first kappa shape index (κ1) is 15.3. The van der Waals surface area contributed by atoms with E-state index in [1.807, 2.05) is 0 Å². The van der Waals surface area contributed by atoms with E-state index >= 15 is 0 Å². The predicted octanol–water partition coefficient (Wildman–Crippen LogP) is 3.66. The summed E-state index contributed by atoms with van der Waals surface area (Å²) in [5, 5.41) is 3.82. The lowest BCUT2D eigenvalue weighted by molar-refractivity contribution is -0.0676. The molecule has 1 aliphatic heterocycles. The molecule has 2 heteroatoms. The van der Waals surface area contributed by atoms with Gasteiger partial charge in [-0.15, -0.1) is 0 Å². The zero-order chi connectivity index (χ0) is 14.3. The average molecular weight is 266 g/mol. The van der Waals surface area contributed by atoms with E-state index in [0.29, 0.717) is 17.0 Å². The van der Waals surface area contributed by atoms with Gasteiger partial charge in [0, 0.05) is 30.7 Å². The zero-order valence-corrected chi connectivity index (χ0v) is 13.9. The predicted molar refractivity (Wildman–Crippen MR) is 83.5 cm³/mol. The van der Waals surface area contributed by atoms with E-state index in [0.717, 1.165) is 12.0 Å². The van der Waals surface area contributed by atoms with Crippen molar-refractivity contribution in [2.75, 3.05) is 13.1 Å². The molecule has 19 heavy (non-hydrogen) atoms. The van der Waals surface area contributed by atoms with Crippen LogP contribution in [0, 0.1) is 11.3 Å². The van der Waals surface area contributed by atoms with Crippen LogP contribution in [0.2, 0.25) is 0 Å². The highest BCUT2D eigenvalue weighted by molar-refractivity contribution is 5.04. The number of hydrogen-bond donors (Lipinski definition) is 1. The average Bonchev–Trinajstić information content (AvgIpc) is 2.26. The van der Waals surface area contributed by atoms with Gasteiger partial charge in [-0.05, 0) is 37.0 Å². The third-order valence-corrected chi connectivity index (χ3v) is 5.72. The van der Waals surface area contributed by atoms with Gasteiger partial charge in [0.1, 0.15) is 0 Å². The maximum absolute atomic E-state index is 3.82. The van der Waals surface area contributed by atoms with Gasteiger partial charge in [0.05, 0.1) is 0 Å². The van der Waals surface area contributed by atoms with E-state index in [4.69, 9.17) is 0 Å². The van der Waals surface area contributed by atoms with Crippen molar-refractivity contribution in [3.8, 4) is 0 Å². The van der Waals surface area contributed by atoms with Crippen molar-refractivity contribution >= 4 is 0 Å². The van der Waals surface area contributed by atoms with Gasteiger partial charge in [0.15, 0.2) is 0 Å². The molecule has 2 rings (SSSR count). The molecule has 2 nitrogen and oxygen atoms in total. The third kappa shape index (κ3) is 2.85. The van der Waals surface area contributed by atoms with E-state index in [2.05, 4.69) is 51.8 Å². The summed E-state index contributed by atoms with van der Waals surface area (Å²) >= 11 is 0. The Labute approximate surface area is 120 Å². The molecule has 0 aromatic rings. The van der Waals surface area contributed by atoms with Crippen LogP contribution >= 0.6 is 0 Å². The molecule has 2 fully saturated rings. The molecule has 1 N–H and O–H groups in total. The Hall–Kier alpha value is -0.0800. The first-order valence-corrected chi connectivity index (χ1v) is 8.30. The summed E-state index contributed by atoms with van der Waals surface area (Å²) in [6.45, 7) is 16.7. The molecule has 2 atom stereocenters. The van der Waals surface area contributed by atoms with Crippen molar-refractivity contribution in [1.82, 2.24) is 10.2 Å². The van der Waals surface area contributed by atoms with Crippen LogP contribution in [0.1, 0.15) is 67.2 Å². The molecule has 0 bridgehead atoms. The molecule has 0 aromatic heterocycles. The number of nitrogens with zero attached hydrogens (tertiary/aromatic N) is 1. The van der Waals surface area contributed by atoms with Crippen LogP contribution in [0.4, 0.5) is 0 Å². The van der Waals surface area contributed by atoms with Gasteiger partial charge < -0.3 is 5.32 Å². The van der Waals surface area contributed by atoms with Gasteiger partial charge in [-0.3, -0.25) is 4.90 Å². The van der Waals surface area contributed by atoms with Crippen LogP contribution in [-0.2, 0) is 0 Å². The number of rotatable bonds is 3. The van der Waals surface area contributed by atoms with Crippen LogP contribution < -0.4 is 5.32 Å². The molecule has 2 aliphatic rings. The SMILES string of the molecule is CCC1(N2CC(C(C)(C)C)NCC2C(C)C)CCC1. The van der Waals surface area contributed by atoms with Crippen LogP contribution in [0.25, 0.3) is 0 Å². The van der Waals surface area contributed by atoms with E-state index in [1.54, 1.807) is 0 Å². The maximum Gasteiger partial charge on any atom is 0.0249 e. The summed E-state index contributed by atoms with van der Waals surface area (Å²) in [5.41, 5.74) is 0.888. The van der Waals surface area contributed by atoms with Gasteiger partial charge >= 0.3 is 0 Å². The minimum Gasteiger partial charge on any atom is -0.311 e. The van der Waals surface area contributed by atoms with Gasteiger partial charge in [0.25, 0.3) is 0 Å². The fourth-order valence-electron chi connectivity index (χ4n) is 3.92. The minimum absolute atomic E-state index is 0.360. The quantitative estimate of drug-likeness (QED) is 0.838. The van der Waals surface area contributed by atoms with Crippen LogP contribution in [-0.4, -0.2) is 35.6 Å². The molecule has 1 saturated carbocycles. The molecule has 0 spiro atoms. The lowest BCUT2D eigenvalue weighted by Crippen LogP contribution is -2.69. The molecule has 0 amide bonds. The smallest absolute Gasteiger partial charge is 0.0249 e. The highest BCUT2D eigenvalue weighted by Gasteiger charge is 2.47. The first-order valence-electron chi connectivity index (χ1n) is 8.30. The Morgan fingerprint density at radius 3 is 2.26 bits per heavy atom. The second-order valence-corrected chi connectivity index (χ2v) is 8.22. The fourth-order valence-corrected chi connectivity index (χ4v) is 3.92. The van der Waals surface area contributed by atoms with Crippen molar-refractivity contribution in [2.45, 2.75) is 84.8 Å². The van der Waals surface area contributed by atoms with Gasteiger partial charge in [-0.1, -0.05) is 41.5 Å². The van der Waals surface area contributed by atoms with Gasteiger partial charge in [-0.2, -0.15) is 0 Å². The maximum atomic E-state index is 3.82. The second-order valence-electron chi connectivity index (χ2n) is 8.22. The second kappa shape index (κ2) is 5.37. The monoisotopic (exact) mass is 266 g/mol. The summed E-state index contributed by atoms with van der Waals surface area (Å²) in [5.74, 6) is 0.748. The molecule has 0 radical (unpaired) electrons. The number of nitrogens with one attached hydrogen (secondary N) is 1. The van der Waals surface area contributed by atoms with Gasteiger partial charge in [0.2, 0.25) is 0 Å². The lowest BCUT2D eigenvalue weighted by Gasteiger charge is -2.58. The largest absolute Gasteiger partial charge is 0.311 e. The molecule has 112 valence electrons. The Morgan fingerprint density at radius 2 is 1.89 bits per heavy atom. The third-order valence-electron chi connectivity index (χ3n) is 5.72. The Balaban J connectivity index is 2.18. The molecular weight excluding hydrogens is 232 g/mol. The lowest BCUT2D eigenvalue weighted by atomic mass is 9.70. The normalized spacial score (nSPS) is 32.4. The molecule has 0 aromatic carbocycles. The highest BCUT2D eigenvalue weighted by atomic mass is 15.3. The van der Waals surface area contributed by atoms with E-state index in [9.17, 15) is 0 Å². The molecular formula is C17H34N2. The molecule has 1 heterocycles. The standard InChI is InChI=1S/C17H34N2/c1-7-17(9-8-10-17)19-12-15(16(4,5)6)18-11-14(19)13(2)3/h13-15,18H,7-12H2,1-6H3. The summed E-state index contributed by atoms with van der Waals surface area (Å²) < 4.78 is 0. The number of hydrogen-bond acceptors (Lipinski definition) is 2. The molecule has 1 saturated heterocycles. The van der Waals surface area contributed by atoms with Crippen LogP contribution in [0.3, 0.4) is 0 Å². The Bertz CT molecular complexity index is 293. The summed E-state index contributed by atoms with van der Waals surface area (Å²) in [6.07, 6.45) is 5.60. The first-order chi connectivity index (χ1) is 8.80. The van der Waals surface area contributed by atoms with Crippen molar-refractivity contribution < 1.29 is 0 Å². The molecule has 2 unspecified atom stereocenters. The van der Waals surface area contributed by atoms with Gasteiger partial charge in [-0.25, -0.2) is 0 Å². The Kier molecular flexibility index (Phi) is 4.32. The van der Waals surface area contributed by atoms with Crippen molar-refractivity contribution in [3.63, 3.8) is 0 Å². The van der Waals surface area contributed by atoms with Crippen LogP contribution in [0.15, 0.2) is 0 Å². The zero-order valence-electron chi connectivity index (χ0n) is 13.9. The van der Waals surface area contributed by atoms with Crippen LogP contribution in [0.5, 0.6) is 0 Å². The van der Waals surface area contributed by atoms with E-state index in [1.165, 1.54) is 38.8 Å². The van der Waals surface area contributed by atoms with E-state index in [-0.39, 0.29) is 0 Å². The fraction of sp³-hybridized carbons (Fsp3) is 1.00. The Morgan fingerprint density at radius 1 is 1.26 bits per heavy atom. The van der Waals surface area contributed by atoms with E-state index < -0.39 is 0 Å². The summed E-state index contributed by atoms with van der Waals surface area (Å²) in [4.78, 5) is 2.90. The molecule has 1 aliphatic carbocycles.